The summed E-state index contributed by atoms with van der Waals surface area (Å²) in [5.41, 5.74) is 0. The molecule has 0 saturated heterocycles. The monoisotopic (exact) mass is 285 g/mol. The molecule has 0 saturated carbocycles. The second-order valence-corrected chi connectivity index (χ2v) is 4.77. The normalized spacial score (nSPS) is 13.7. The number of nitrogens with one attached hydrogen (secondary N) is 1. The van der Waals surface area contributed by atoms with Gasteiger partial charge in [-0.25, -0.2) is 0 Å². The molecule has 0 aliphatic rings. The summed E-state index contributed by atoms with van der Waals surface area (Å²) in [5, 5.41) is 3.49. The summed E-state index contributed by atoms with van der Waals surface area (Å²) in [5.74, 6) is 0.493. The van der Waals surface area contributed by atoms with Crippen LogP contribution in [0.25, 0.3) is 0 Å². The van der Waals surface area contributed by atoms with Gasteiger partial charge in [0.2, 0.25) is 0 Å². The fourth-order valence-corrected chi connectivity index (χ4v) is 1.75. The number of carbonyl (C=O) groups excluding carboxylic acids is 1. The first-order chi connectivity index (χ1) is 9.06. The van der Waals surface area contributed by atoms with Crippen LogP contribution in [-0.4, -0.2) is 31.8 Å². The lowest BCUT2D eigenvalue weighted by atomic mass is 10.2. The van der Waals surface area contributed by atoms with Gasteiger partial charge in [-0.1, -0.05) is 18.5 Å². The largest absolute Gasteiger partial charge is 0.481 e. The third-order valence-corrected chi connectivity index (χ3v) is 2.81. The number of hydrogen-bond donors (Lipinski definition) is 1. The molecule has 0 aliphatic heterocycles. The van der Waals surface area contributed by atoms with Gasteiger partial charge < -0.3 is 14.8 Å². The first-order valence-corrected chi connectivity index (χ1v) is 6.66. The van der Waals surface area contributed by atoms with Crippen molar-refractivity contribution in [2.24, 2.45) is 0 Å². The van der Waals surface area contributed by atoms with E-state index < -0.39 is 6.10 Å². The van der Waals surface area contributed by atoms with Crippen molar-refractivity contribution in [2.75, 3.05) is 13.7 Å². The molecule has 0 radical (unpaired) electrons. The van der Waals surface area contributed by atoms with Crippen molar-refractivity contribution >= 4 is 17.5 Å². The van der Waals surface area contributed by atoms with E-state index in [1.807, 2.05) is 13.8 Å². The molecule has 0 spiro atoms. The summed E-state index contributed by atoms with van der Waals surface area (Å²) in [6.45, 7) is 4.26. The molecular weight excluding hydrogens is 266 g/mol. The highest BCUT2D eigenvalue weighted by Gasteiger charge is 2.19. The first-order valence-electron chi connectivity index (χ1n) is 6.28. The third kappa shape index (κ3) is 5.49. The maximum Gasteiger partial charge on any atom is 0.261 e. The van der Waals surface area contributed by atoms with E-state index in [-0.39, 0.29) is 11.9 Å². The van der Waals surface area contributed by atoms with Gasteiger partial charge in [0, 0.05) is 18.2 Å². The van der Waals surface area contributed by atoms with Gasteiger partial charge >= 0.3 is 0 Å². The van der Waals surface area contributed by atoms with E-state index in [1.165, 1.54) is 0 Å². The molecule has 19 heavy (non-hydrogen) atoms. The van der Waals surface area contributed by atoms with Crippen LogP contribution in [-0.2, 0) is 9.53 Å². The van der Waals surface area contributed by atoms with Gasteiger partial charge in [0.05, 0.1) is 6.61 Å². The Bertz CT molecular complexity index is 394. The second kappa shape index (κ2) is 8.02. The lowest BCUT2D eigenvalue weighted by Crippen LogP contribution is -2.44. The Labute approximate surface area is 119 Å². The van der Waals surface area contributed by atoms with Crippen LogP contribution in [0.4, 0.5) is 0 Å². The lowest BCUT2D eigenvalue weighted by molar-refractivity contribution is -0.129. The quantitative estimate of drug-likeness (QED) is 0.838. The maximum absolute atomic E-state index is 12.0. The highest BCUT2D eigenvalue weighted by molar-refractivity contribution is 6.30. The van der Waals surface area contributed by atoms with E-state index in [0.717, 1.165) is 0 Å². The van der Waals surface area contributed by atoms with Crippen LogP contribution >= 0.6 is 11.6 Å². The minimum absolute atomic E-state index is 0.0413. The van der Waals surface area contributed by atoms with Crippen LogP contribution in [0.5, 0.6) is 5.75 Å². The Hall–Kier alpha value is -1.26. The van der Waals surface area contributed by atoms with Crippen LogP contribution in [0.1, 0.15) is 20.3 Å². The number of rotatable bonds is 7. The molecule has 0 aromatic heterocycles. The number of amides is 1. The fourth-order valence-electron chi connectivity index (χ4n) is 1.63. The maximum atomic E-state index is 12.0. The molecule has 1 rings (SSSR count). The molecule has 0 fully saturated rings. The minimum Gasteiger partial charge on any atom is -0.481 e. The standard InChI is InChI=1S/C14H20ClNO3/c1-4-13(14(17)16-10(2)9-18-3)19-12-7-5-11(15)6-8-12/h5-8,10,13H,4,9H2,1-3H3,(H,16,17)/t10-,13-/m0/s1. The second-order valence-electron chi connectivity index (χ2n) is 4.33. The molecule has 1 N–H and O–H groups in total. The summed E-state index contributed by atoms with van der Waals surface area (Å²) in [7, 11) is 1.60. The highest BCUT2D eigenvalue weighted by atomic mass is 35.5. The summed E-state index contributed by atoms with van der Waals surface area (Å²) >= 11 is 5.80. The predicted octanol–water partition coefficient (Wildman–Crippen LogP) is 2.65. The van der Waals surface area contributed by atoms with Gasteiger partial charge in [0.25, 0.3) is 5.91 Å². The zero-order valence-corrected chi connectivity index (χ0v) is 12.2. The molecule has 0 aliphatic carbocycles. The number of benzene rings is 1. The Balaban J connectivity index is 2.57. The van der Waals surface area contributed by atoms with E-state index in [2.05, 4.69) is 5.32 Å². The van der Waals surface area contributed by atoms with Crippen LogP contribution in [0.2, 0.25) is 5.02 Å². The zero-order valence-electron chi connectivity index (χ0n) is 11.5. The van der Waals surface area contributed by atoms with Crippen molar-refractivity contribution in [3.63, 3.8) is 0 Å². The van der Waals surface area contributed by atoms with E-state index >= 15 is 0 Å². The van der Waals surface area contributed by atoms with E-state index in [9.17, 15) is 4.79 Å². The van der Waals surface area contributed by atoms with Crippen molar-refractivity contribution in [3.05, 3.63) is 29.3 Å². The fraction of sp³-hybridized carbons (Fsp3) is 0.500. The third-order valence-electron chi connectivity index (χ3n) is 2.56. The van der Waals surface area contributed by atoms with Crippen molar-refractivity contribution in [1.29, 1.82) is 0 Å². The topological polar surface area (TPSA) is 47.6 Å². The van der Waals surface area contributed by atoms with Crippen molar-refractivity contribution in [1.82, 2.24) is 5.32 Å². The van der Waals surface area contributed by atoms with E-state index in [0.29, 0.717) is 23.8 Å². The summed E-state index contributed by atoms with van der Waals surface area (Å²) in [6, 6.07) is 6.91. The average molecular weight is 286 g/mol. The molecule has 106 valence electrons. The molecule has 0 bridgehead atoms. The molecule has 5 heteroatoms. The molecule has 0 unspecified atom stereocenters. The van der Waals surface area contributed by atoms with Gasteiger partial charge in [-0.15, -0.1) is 0 Å². The van der Waals surface area contributed by atoms with Gasteiger partial charge in [0.15, 0.2) is 6.10 Å². The van der Waals surface area contributed by atoms with Crippen LogP contribution < -0.4 is 10.1 Å². The van der Waals surface area contributed by atoms with Gasteiger partial charge in [-0.05, 0) is 37.6 Å². The zero-order chi connectivity index (χ0) is 14.3. The number of ether oxygens (including phenoxy) is 2. The first kappa shape index (κ1) is 15.8. The number of methoxy groups -OCH3 is 1. The van der Waals surface area contributed by atoms with Crippen molar-refractivity contribution in [2.45, 2.75) is 32.4 Å². The minimum atomic E-state index is -0.513. The summed E-state index contributed by atoms with van der Waals surface area (Å²) in [6.07, 6.45) is 0.0780. The van der Waals surface area contributed by atoms with Crippen LogP contribution in [0.3, 0.4) is 0 Å². The smallest absolute Gasteiger partial charge is 0.261 e. The predicted molar refractivity (Wildman–Crippen MR) is 75.6 cm³/mol. The van der Waals surface area contributed by atoms with Gasteiger partial charge in [-0.3, -0.25) is 4.79 Å². The van der Waals surface area contributed by atoms with E-state index in [1.54, 1.807) is 31.4 Å². The SMILES string of the molecule is CC[C@H](Oc1ccc(Cl)cc1)C(=O)N[C@@H](C)COC. The molecule has 1 aromatic carbocycles. The molecule has 1 amide bonds. The number of hydrogen-bond acceptors (Lipinski definition) is 3. The van der Waals surface area contributed by atoms with Gasteiger partial charge in [-0.2, -0.15) is 0 Å². The Morgan fingerprint density at radius 2 is 2.00 bits per heavy atom. The molecular formula is C14H20ClNO3. The van der Waals surface area contributed by atoms with Crippen molar-refractivity contribution in [3.8, 4) is 5.75 Å². The van der Waals surface area contributed by atoms with Crippen LogP contribution in [0.15, 0.2) is 24.3 Å². The highest BCUT2D eigenvalue weighted by Crippen LogP contribution is 2.17. The Kier molecular flexibility index (Phi) is 6.67. The molecule has 2 atom stereocenters. The average Bonchev–Trinajstić information content (AvgIpc) is 2.38. The Morgan fingerprint density at radius 3 is 2.53 bits per heavy atom. The number of carbonyl (C=O) groups is 1. The van der Waals surface area contributed by atoms with Crippen molar-refractivity contribution < 1.29 is 14.3 Å². The molecule has 0 heterocycles. The summed E-state index contributed by atoms with van der Waals surface area (Å²) in [4.78, 5) is 12.0. The van der Waals surface area contributed by atoms with Crippen LogP contribution in [0, 0.1) is 0 Å². The summed E-state index contributed by atoms with van der Waals surface area (Å²) < 4.78 is 10.6. The Morgan fingerprint density at radius 1 is 1.37 bits per heavy atom. The van der Waals surface area contributed by atoms with Gasteiger partial charge in [0.1, 0.15) is 5.75 Å². The molecule has 1 aromatic rings. The van der Waals surface area contributed by atoms with E-state index in [4.69, 9.17) is 21.1 Å². The number of halogens is 1. The molecule has 4 nitrogen and oxygen atoms in total. The lowest BCUT2D eigenvalue weighted by Gasteiger charge is -2.20.